The zero-order valence-electron chi connectivity index (χ0n) is 17.5. The largest absolute Gasteiger partial charge is 0.355 e. The number of nitrogens with one attached hydrogen (secondary N) is 3. The minimum atomic E-state index is -0.622. The van der Waals surface area contributed by atoms with Gasteiger partial charge in [-0.2, -0.15) is 0 Å². The number of hydrogen-bond acceptors (Lipinski definition) is 4. The molecule has 2 rings (SSSR count). The Balaban J connectivity index is 1.90. The molecule has 0 aliphatic heterocycles. The molecule has 3 amide bonds. The van der Waals surface area contributed by atoms with E-state index in [0.29, 0.717) is 12.1 Å². The zero-order chi connectivity index (χ0) is 21.1. The van der Waals surface area contributed by atoms with Crippen molar-refractivity contribution in [3.05, 3.63) is 29.8 Å². The summed E-state index contributed by atoms with van der Waals surface area (Å²) >= 11 is 1.35. The molecule has 1 fully saturated rings. The Morgan fingerprint density at radius 1 is 1.07 bits per heavy atom. The molecule has 0 heterocycles. The maximum absolute atomic E-state index is 12.6. The highest BCUT2D eigenvalue weighted by molar-refractivity contribution is 8.00. The molecule has 0 aromatic heterocycles. The van der Waals surface area contributed by atoms with Crippen LogP contribution >= 0.6 is 11.8 Å². The van der Waals surface area contributed by atoms with Gasteiger partial charge in [-0.1, -0.05) is 44.2 Å². The lowest BCUT2D eigenvalue weighted by molar-refractivity contribution is -0.122. The van der Waals surface area contributed by atoms with Crippen molar-refractivity contribution in [1.82, 2.24) is 16.0 Å². The van der Waals surface area contributed by atoms with Crippen molar-refractivity contribution < 1.29 is 14.4 Å². The molecule has 160 valence electrons. The Morgan fingerprint density at radius 2 is 1.72 bits per heavy atom. The molecule has 1 aliphatic rings. The van der Waals surface area contributed by atoms with Crippen molar-refractivity contribution in [3.8, 4) is 0 Å². The van der Waals surface area contributed by atoms with Gasteiger partial charge >= 0.3 is 0 Å². The summed E-state index contributed by atoms with van der Waals surface area (Å²) < 4.78 is 0. The standard InChI is InChI=1S/C22H33N3O3S/c1-3-23-21(27)16(2)24-22(28)18-13-9-10-14-19(18)29-15-20(26)25-17-11-7-5-4-6-8-12-17/h9-10,13-14,16-17H,3-8,11-12,15H2,1-2H3,(H,23,27)(H,24,28)(H,25,26)/t16-/m0/s1. The summed E-state index contributed by atoms with van der Waals surface area (Å²) in [7, 11) is 0. The molecule has 1 saturated carbocycles. The van der Waals surface area contributed by atoms with Gasteiger partial charge in [-0.05, 0) is 38.8 Å². The van der Waals surface area contributed by atoms with Crippen molar-refractivity contribution in [2.75, 3.05) is 12.3 Å². The molecule has 0 radical (unpaired) electrons. The summed E-state index contributed by atoms with van der Waals surface area (Å²) in [6, 6.07) is 6.82. The average molecular weight is 420 g/mol. The SMILES string of the molecule is CCNC(=O)[C@H](C)NC(=O)c1ccccc1SCC(=O)NC1CCCCCCC1. The summed E-state index contributed by atoms with van der Waals surface area (Å²) in [5.41, 5.74) is 0.479. The first-order valence-electron chi connectivity index (χ1n) is 10.6. The van der Waals surface area contributed by atoms with Gasteiger partial charge in [-0.3, -0.25) is 14.4 Å². The van der Waals surface area contributed by atoms with Crippen molar-refractivity contribution in [2.24, 2.45) is 0 Å². The number of carbonyl (C=O) groups excluding carboxylic acids is 3. The van der Waals surface area contributed by atoms with Gasteiger partial charge in [0.15, 0.2) is 0 Å². The number of carbonyl (C=O) groups is 3. The maximum Gasteiger partial charge on any atom is 0.253 e. The first-order chi connectivity index (χ1) is 14.0. The van der Waals surface area contributed by atoms with Crippen LogP contribution in [0.2, 0.25) is 0 Å². The Bertz CT molecular complexity index is 688. The second kappa shape index (κ2) is 12.5. The third kappa shape index (κ3) is 8.09. The maximum atomic E-state index is 12.6. The van der Waals surface area contributed by atoms with E-state index in [2.05, 4.69) is 16.0 Å². The van der Waals surface area contributed by atoms with E-state index < -0.39 is 6.04 Å². The summed E-state index contributed by atoms with van der Waals surface area (Å²) in [5, 5.41) is 8.57. The topological polar surface area (TPSA) is 87.3 Å². The van der Waals surface area contributed by atoms with Crippen LogP contribution in [-0.2, 0) is 9.59 Å². The van der Waals surface area contributed by atoms with Crippen LogP contribution in [0.25, 0.3) is 0 Å². The fourth-order valence-corrected chi connectivity index (χ4v) is 4.32. The fourth-order valence-electron chi connectivity index (χ4n) is 3.46. The van der Waals surface area contributed by atoms with Gasteiger partial charge < -0.3 is 16.0 Å². The lowest BCUT2D eigenvalue weighted by Gasteiger charge is -2.21. The molecule has 0 spiro atoms. The first-order valence-corrected chi connectivity index (χ1v) is 11.6. The molecule has 1 atom stereocenters. The van der Waals surface area contributed by atoms with Gasteiger partial charge in [0.25, 0.3) is 5.91 Å². The predicted octanol–water partition coefficient (Wildman–Crippen LogP) is 3.26. The normalized spacial score (nSPS) is 16.2. The molecule has 1 aromatic carbocycles. The Kier molecular flexibility index (Phi) is 10.0. The molecule has 0 bridgehead atoms. The quantitative estimate of drug-likeness (QED) is 0.565. The van der Waals surface area contributed by atoms with Gasteiger partial charge in [-0.15, -0.1) is 11.8 Å². The van der Waals surface area contributed by atoms with Crippen LogP contribution in [-0.4, -0.2) is 42.1 Å². The molecule has 7 heteroatoms. The monoisotopic (exact) mass is 419 g/mol. The minimum Gasteiger partial charge on any atom is -0.355 e. The van der Waals surface area contributed by atoms with E-state index in [9.17, 15) is 14.4 Å². The highest BCUT2D eigenvalue weighted by atomic mass is 32.2. The van der Waals surface area contributed by atoms with E-state index in [1.165, 1.54) is 43.9 Å². The summed E-state index contributed by atoms with van der Waals surface area (Å²) in [4.78, 5) is 37.6. The van der Waals surface area contributed by atoms with Crippen LogP contribution in [0.1, 0.15) is 69.2 Å². The second-order valence-electron chi connectivity index (χ2n) is 7.48. The van der Waals surface area contributed by atoms with E-state index in [1.54, 1.807) is 19.1 Å². The van der Waals surface area contributed by atoms with Gasteiger partial charge in [0.2, 0.25) is 11.8 Å². The molecule has 0 saturated heterocycles. The fraction of sp³-hybridized carbons (Fsp3) is 0.591. The van der Waals surface area contributed by atoms with Gasteiger partial charge in [-0.25, -0.2) is 0 Å². The number of likely N-dealkylation sites (N-methyl/N-ethyl adjacent to an activating group) is 1. The highest BCUT2D eigenvalue weighted by Crippen LogP contribution is 2.23. The third-order valence-electron chi connectivity index (χ3n) is 5.05. The summed E-state index contributed by atoms with van der Waals surface area (Å²) in [5.74, 6) is -0.254. The third-order valence-corrected chi connectivity index (χ3v) is 6.13. The zero-order valence-corrected chi connectivity index (χ0v) is 18.3. The van der Waals surface area contributed by atoms with Crippen molar-refractivity contribution in [1.29, 1.82) is 0 Å². The first kappa shape index (κ1) is 23.3. The molecule has 1 aromatic rings. The molecule has 1 aliphatic carbocycles. The van der Waals surface area contributed by atoms with Crippen LogP contribution in [0.4, 0.5) is 0 Å². The molecule has 29 heavy (non-hydrogen) atoms. The summed E-state index contributed by atoms with van der Waals surface area (Å²) in [6.07, 6.45) is 8.24. The summed E-state index contributed by atoms with van der Waals surface area (Å²) in [6.45, 7) is 4.00. The van der Waals surface area contributed by atoms with Gasteiger partial charge in [0, 0.05) is 17.5 Å². The minimum absolute atomic E-state index is 0.00600. The van der Waals surface area contributed by atoms with E-state index >= 15 is 0 Å². The molecule has 3 N–H and O–H groups in total. The predicted molar refractivity (Wildman–Crippen MR) is 117 cm³/mol. The molecular weight excluding hydrogens is 386 g/mol. The number of amides is 3. The van der Waals surface area contributed by atoms with Crippen LogP contribution < -0.4 is 16.0 Å². The average Bonchev–Trinajstić information content (AvgIpc) is 2.68. The van der Waals surface area contributed by atoms with E-state index in [1.807, 2.05) is 19.1 Å². The van der Waals surface area contributed by atoms with Crippen LogP contribution in [0.5, 0.6) is 0 Å². The van der Waals surface area contributed by atoms with Gasteiger partial charge in [0.1, 0.15) is 6.04 Å². The number of thioether (sulfide) groups is 1. The van der Waals surface area contributed by atoms with Crippen LogP contribution in [0.3, 0.4) is 0 Å². The van der Waals surface area contributed by atoms with Crippen molar-refractivity contribution in [3.63, 3.8) is 0 Å². The van der Waals surface area contributed by atoms with E-state index in [4.69, 9.17) is 0 Å². The van der Waals surface area contributed by atoms with Crippen molar-refractivity contribution >= 4 is 29.5 Å². The number of rotatable bonds is 8. The molecular formula is C22H33N3O3S. The van der Waals surface area contributed by atoms with Crippen molar-refractivity contribution in [2.45, 2.75) is 75.8 Å². The number of hydrogen-bond donors (Lipinski definition) is 3. The Hall–Kier alpha value is -2.02. The lowest BCUT2D eigenvalue weighted by Crippen LogP contribution is -2.44. The van der Waals surface area contributed by atoms with Gasteiger partial charge in [0.05, 0.1) is 11.3 Å². The molecule has 6 nitrogen and oxygen atoms in total. The van der Waals surface area contributed by atoms with E-state index in [-0.39, 0.29) is 29.5 Å². The second-order valence-corrected chi connectivity index (χ2v) is 8.50. The smallest absolute Gasteiger partial charge is 0.253 e. The highest BCUT2D eigenvalue weighted by Gasteiger charge is 2.19. The van der Waals surface area contributed by atoms with Crippen LogP contribution in [0.15, 0.2) is 29.2 Å². The Labute approximate surface area is 178 Å². The number of benzene rings is 1. The lowest BCUT2D eigenvalue weighted by atomic mass is 9.97. The van der Waals surface area contributed by atoms with Crippen LogP contribution in [0, 0.1) is 0 Å². The molecule has 0 unspecified atom stereocenters. The van der Waals surface area contributed by atoms with E-state index in [0.717, 1.165) is 17.7 Å². The Morgan fingerprint density at radius 3 is 2.41 bits per heavy atom.